The first-order valence-electron chi connectivity index (χ1n) is 6.43. The summed E-state index contributed by atoms with van der Waals surface area (Å²) in [7, 11) is -3.86. The first kappa shape index (κ1) is 16.7. The third-order valence-electron chi connectivity index (χ3n) is 2.83. The fourth-order valence-corrected chi connectivity index (χ4v) is 2.85. The summed E-state index contributed by atoms with van der Waals surface area (Å²) in [6.45, 7) is 6.52. The molecule has 0 heterocycles. The quantitative estimate of drug-likeness (QED) is 0.596. The van der Waals surface area contributed by atoms with Crippen LogP contribution >= 0.6 is 0 Å². The summed E-state index contributed by atoms with van der Waals surface area (Å²) >= 11 is 0. The molecule has 1 aromatic carbocycles. The Labute approximate surface area is 120 Å². The highest BCUT2D eigenvalue weighted by Crippen LogP contribution is 2.18. The van der Waals surface area contributed by atoms with Gasteiger partial charge in [-0.3, -0.25) is 8.98 Å². The second kappa shape index (κ2) is 6.85. The van der Waals surface area contributed by atoms with Crippen LogP contribution in [0, 0.1) is 6.92 Å². The highest BCUT2D eigenvalue weighted by molar-refractivity contribution is 7.86. The molecule has 0 bridgehead atoms. The van der Waals surface area contributed by atoms with Crippen LogP contribution in [0.2, 0.25) is 0 Å². The van der Waals surface area contributed by atoms with Crippen molar-refractivity contribution in [3.05, 3.63) is 29.8 Å². The highest BCUT2D eigenvalue weighted by atomic mass is 32.2. The lowest BCUT2D eigenvalue weighted by molar-refractivity contribution is -0.150. The molecule has 0 spiro atoms. The summed E-state index contributed by atoms with van der Waals surface area (Å²) in [5, 5.41) is 0. The molecule has 5 nitrogen and oxygen atoms in total. The fourth-order valence-electron chi connectivity index (χ4n) is 1.75. The van der Waals surface area contributed by atoms with Crippen molar-refractivity contribution in [3.8, 4) is 0 Å². The van der Waals surface area contributed by atoms with Crippen molar-refractivity contribution in [2.75, 3.05) is 0 Å². The van der Waals surface area contributed by atoms with Gasteiger partial charge >= 0.3 is 5.97 Å². The Bertz CT molecular complexity index is 547. The number of benzene rings is 1. The van der Waals surface area contributed by atoms with Crippen LogP contribution in [0.15, 0.2) is 29.2 Å². The topological polar surface area (TPSA) is 69.7 Å². The SMILES string of the molecule is CCC(OC(C)=O)[C@H](C)OS(=O)(=O)c1ccc(C)cc1. The van der Waals surface area contributed by atoms with E-state index in [4.69, 9.17) is 8.92 Å². The van der Waals surface area contributed by atoms with E-state index in [0.29, 0.717) is 6.42 Å². The van der Waals surface area contributed by atoms with E-state index in [9.17, 15) is 13.2 Å². The molecule has 0 saturated heterocycles. The van der Waals surface area contributed by atoms with Gasteiger partial charge in [-0.2, -0.15) is 8.42 Å². The number of rotatable bonds is 6. The number of carbonyl (C=O) groups excluding carboxylic acids is 1. The van der Waals surface area contributed by atoms with Gasteiger partial charge in [0, 0.05) is 6.92 Å². The Kier molecular flexibility index (Phi) is 5.71. The van der Waals surface area contributed by atoms with E-state index in [1.54, 1.807) is 26.0 Å². The predicted octanol–water partition coefficient (Wildman–Crippen LogP) is 2.43. The molecule has 0 aromatic heterocycles. The molecule has 20 heavy (non-hydrogen) atoms. The van der Waals surface area contributed by atoms with E-state index in [1.807, 2.05) is 6.92 Å². The van der Waals surface area contributed by atoms with Gasteiger partial charge in [-0.1, -0.05) is 24.6 Å². The van der Waals surface area contributed by atoms with E-state index in [0.717, 1.165) is 5.56 Å². The lowest BCUT2D eigenvalue weighted by Crippen LogP contribution is -2.32. The summed E-state index contributed by atoms with van der Waals surface area (Å²) in [6.07, 6.45) is -0.854. The summed E-state index contributed by atoms with van der Waals surface area (Å²) in [5.74, 6) is -0.458. The highest BCUT2D eigenvalue weighted by Gasteiger charge is 2.26. The van der Waals surface area contributed by atoms with Crippen molar-refractivity contribution in [1.82, 2.24) is 0 Å². The molecule has 0 saturated carbocycles. The van der Waals surface area contributed by atoms with Gasteiger partial charge in [-0.15, -0.1) is 0 Å². The minimum Gasteiger partial charge on any atom is -0.460 e. The zero-order valence-electron chi connectivity index (χ0n) is 12.1. The van der Waals surface area contributed by atoms with Crippen LogP contribution in [0.3, 0.4) is 0 Å². The van der Waals surface area contributed by atoms with Crippen molar-refractivity contribution in [1.29, 1.82) is 0 Å². The van der Waals surface area contributed by atoms with Crippen LogP contribution in [0.25, 0.3) is 0 Å². The van der Waals surface area contributed by atoms with E-state index >= 15 is 0 Å². The number of ether oxygens (including phenoxy) is 1. The van der Waals surface area contributed by atoms with Gasteiger partial charge in [0.1, 0.15) is 12.2 Å². The predicted molar refractivity (Wildman–Crippen MR) is 74.8 cm³/mol. The molecule has 1 unspecified atom stereocenters. The normalized spacial score (nSPS) is 14.6. The number of carbonyl (C=O) groups is 1. The number of hydrogen-bond acceptors (Lipinski definition) is 5. The molecule has 1 rings (SSSR count). The zero-order valence-corrected chi connectivity index (χ0v) is 12.9. The zero-order chi connectivity index (χ0) is 15.3. The van der Waals surface area contributed by atoms with Crippen LogP contribution in [-0.4, -0.2) is 26.6 Å². The average molecular weight is 300 g/mol. The number of esters is 1. The number of aryl methyl sites for hydroxylation is 1. The minimum atomic E-state index is -3.86. The summed E-state index contributed by atoms with van der Waals surface area (Å²) in [5.41, 5.74) is 0.961. The van der Waals surface area contributed by atoms with Crippen molar-refractivity contribution in [3.63, 3.8) is 0 Å². The van der Waals surface area contributed by atoms with Crippen molar-refractivity contribution in [2.24, 2.45) is 0 Å². The van der Waals surface area contributed by atoms with Gasteiger partial charge < -0.3 is 4.74 Å². The maximum atomic E-state index is 12.1. The Balaban J connectivity index is 2.84. The van der Waals surface area contributed by atoms with E-state index in [2.05, 4.69) is 0 Å². The van der Waals surface area contributed by atoms with Crippen LogP contribution in [0.1, 0.15) is 32.8 Å². The van der Waals surface area contributed by atoms with Crippen LogP contribution in [0.4, 0.5) is 0 Å². The molecule has 0 amide bonds. The molecule has 0 aliphatic carbocycles. The van der Waals surface area contributed by atoms with Gasteiger partial charge in [0.15, 0.2) is 0 Å². The summed E-state index contributed by atoms with van der Waals surface area (Å²) in [4.78, 5) is 11.1. The van der Waals surface area contributed by atoms with Gasteiger partial charge in [0.25, 0.3) is 10.1 Å². The molecule has 0 fully saturated rings. The smallest absolute Gasteiger partial charge is 0.302 e. The molecule has 0 aliphatic heterocycles. The molecule has 0 aliphatic rings. The molecular formula is C14H20O5S. The second-order valence-corrected chi connectivity index (χ2v) is 6.20. The average Bonchev–Trinajstić information content (AvgIpc) is 2.35. The van der Waals surface area contributed by atoms with Crippen molar-refractivity contribution < 1.29 is 22.1 Å². The second-order valence-electron chi connectivity index (χ2n) is 4.62. The maximum absolute atomic E-state index is 12.1. The lowest BCUT2D eigenvalue weighted by Gasteiger charge is -2.22. The third kappa shape index (κ3) is 4.61. The Morgan fingerprint density at radius 1 is 1.25 bits per heavy atom. The lowest BCUT2D eigenvalue weighted by atomic mass is 10.2. The van der Waals surface area contributed by atoms with Crippen LogP contribution in [0.5, 0.6) is 0 Å². The van der Waals surface area contributed by atoms with Gasteiger partial charge in [0.2, 0.25) is 0 Å². The fraction of sp³-hybridized carbons (Fsp3) is 0.500. The van der Waals surface area contributed by atoms with E-state index in [1.165, 1.54) is 19.1 Å². The van der Waals surface area contributed by atoms with Crippen LogP contribution < -0.4 is 0 Å². The molecule has 1 aromatic rings. The molecule has 0 radical (unpaired) electrons. The van der Waals surface area contributed by atoms with Crippen molar-refractivity contribution >= 4 is 16.1 Å². The molecule has 2 atom stereocenters. The molecule has 6 heteroatoms. The van der Waals surface area contributed by atoms with Crippen LogP contribution in [-0.2, 0) is 23.8 Å². The van der Waals surface area contributed by atoms with Gasteiger partial charge in [-0.25, -0.2) is 0 Å². The maximum Gasteiger partial charge on any atom is 0.302 e. The van der Waals surface area contributed by atoms with E-state index < -0.39 is 28.3 Å². The van der Waals surface area contributed by atoms with E-state index in [-0.39, 0.29) is 4.90 Å². The third-order valence-corrected chi connectivity index (χ3v) is 4.24. The summed E-state index contributed by atoms with van der Waals surface area (Å²) in [6, 6.07) is 6.38. The largest absolute Gasteiger partial charge is 0.460 e. The molecule has 0 N–H and O–H groups in total. The van der Waals surface area contributed by atoms with Gasteiger partial charge in [-0.05, 0) is 32.4 Å². The first-order chi connectivity index (χ1) is 9.26. The molecular weight excluding hydrogens is 280 g/mol. The monoisotopic (exact) mass is 300 g/mol. The Hall–Kier alpha value is -1.40. The van der Waals surface area contributed by atoms with Gasteiger partial charge in [0.05, 0.1) is 4.90 Å². The standard InChI is InChI=1S/C14H20O5S/c1-5-14(18-12(4)15)11(3)19-20(16,17)13-8-6-10(2)7-9-13/h6-9,11,14H,5H2,1-4H3/t11-,14?/m0/s1. The minimum absolute atomic E-state index is 0.0904. The summed E-state index contributed by atoms with van der Waals surface area (Å²) < 4.78 is 34.3. The van der Waals surface area contributed by atoms with Crippen molar-refractivity contribution in [2.45, 2.75) is 51.2 Å². The first-order valence-corrected chi connectivity index (χ1v) is 7.84. The Morgan fingerprint density at radius 2 is 1.80 bits per heavy atom. The number of hydrogen-bond donors (Lipinski definition) is 0. The molecule has 112 valence electrons. The Morgan fingerprint density at radius 3 is 2.25 bits per heavy atom.